The van der Waals surface area contributed by atoms with E-state index in [0.29, 0.717) is 12.0 Å². The van der Waals surface area contributed by atoms with Gasteiger partial charge in [0.25, 0.3) is 0 Å². The Hall–Kier alpha value is -1.13. The zero-order chi connectivity index (χ0) is 14.7. The molecule has 2 aliphatic heterocycles. The van der Waals surface area contributed by atoms with Gasteiger partial charge in [-0.15, -0.1) is 0 Å². The summed E-state index contributed by atoms with van der Waals surface area (Å²) in [6.45, 7) is 10.6. The van der Waals surface area contributed by atoms with Crippen LogP contribution in [-0.2, 0) is 4.74 Å². The molecule has 0 N–H and O–H groups in total. The summed E-state index contributed by atoms with van der Waals surface area (Å²) in [6, 6.07) is 4.91. The van der Waals surface area contributed by atoms with Gasteiger partial charge in [-0.1, -0.05) is 19.9 Å². The molecule has 2 aliphatic rings. The van der Waals surface area contributed by atoms with Crippen LogP contribution in [0.5, 0.6) is 0 Å². The minimum absolute atomic E-state index is 0.541. The number of morpholine rings is 1. The lowest BCUT2D eigenvalue weighted by Crippen LogP contribution is -2.38. The molecule has 4 nitrogen and oxygen atoms in total. The number of nitrogens with zero attached hydrogens (tertiary/aromatic N) is 3. The van der Waals surface area contributed by atoms with Crippen LogP contribution in [0.2, 0.25) is 0 Å². The van der Waals surface area contributed by atoms with E-state index in [1.54, 1.807) is 0 Å². The molecule has 0 aromatic carbocycles. The molecule has 0 unspecified atom stereocenters. The van der Waals surface area contributed by atoms with Gasteiger partial charge in [0.2, 0.25) is 0 Å². The zero-order valence-electron chi connectivity index (χ0n) is 13.3. The van der Waals surface area contributed by atoms with Crippen LogP contribution in [0.4, 0.5) is 5.82 Å². The second-order valence-electron chi connectivity index (χ2n) is 6.56. The highest BCUT2D eigenvalue weighted by Crippen LogP contribution is 2.36. The first-order valence-corrected chi connectivity index (χ1v) is 8.27. The van der Waals surface area contributed by atoms with Gasteiger partial charge in [-0.25, -0.2) is 4.98 Å². The number of likely N-dealkylation sites (tertiary alicyclic amines) is 1. The Labute approximate surface area is 128 Å². The van der Waals surface area contributed by atoms with E-state index in [9.17, 15) is 0 Å². The fourth-order valence-electron chi connectivity index (χ4n) is 3.57. The van der Waals surface area contributed by atoms with Gasteiger partial charge in [-0.05, 0) is 31.4 Å². The molecule has 116 valence electrons. The predicted octanol–water partition coefficient (Wildman–Crippen LogP) is 2.71. The van der Waals surface area contributed by atoms with Gasteiger partial charge in [0, 0.05) is 37.4 Å². The van der Waals surface area contributed by atoms with Crippen molar-refractivity contribution in [2.75, 3.05) is 44.3 Å². The third kappa shape index (κ3) is 3.38. The molecule has 3 rings (SSSR count). The van der Waals surface area contributed by atoms with Crippen molar-refractivity contribution in [1.29, 1.82) is 0 Å². The van der Waals surface area contributed by atoms with Crippen LogP contribution in [0.1, 0.15) is 38.3 Å². The summed E-state index contributed by atoms with van der Waals surface area (Å²) < 4.78 is 5.48. The summed E-state index contributed by atoms with van der Waals surface area (Å²) in [6.07, 6.45) is 4.49. The van der Waals surface area contributed by atoms with Gasteiger partial charge in [0.1, 0.15) is 5.82 Å². The van der Waals surface area contributed by atoms with Crippen molar-refractivity contribution in [2.24, 2.45) is 5.92 Å². The van der Waals surface area contributed by atoms with Crippen molar-refractivity contribution in [3.63, 3.8) is 0 Å². The third-order valence-electron chi connectivity index (χ3n) is 4.45. The summed E-state index contributed by atoms with van der Waals surface area (Å²) in [5, 5.41) is 0. The Morgan fingerprint density at radius 1 is 1.29 bits per heavy atom. The molecule has 0 aliphatic carbocycles. The number of hydrogen-bond donors (Lipinski definition) is 0. The summed E-state index contributed by atoms with van der Waals surface area (Å²) in [4.78, 5) is 9.74. The van der Waals surface area contributed by atoms with E-state index < -0.39 is 0 Å². The lowest BCUT2D eigenvalue weighted by atomic mass is 10.0. The summed E-state index contributed by atoms with van der Waals surface area (Å²) in [5.41, 5.74) is 1.41. The van der Waals surface area contributed by atoms with Crippen molar-refractivity contribution in [1.82, 2.24) is 9.88 Å². The van der Waals surface area contributed by atoms with Crippen LogP contribution in [-0.4, -0.2) is 49.3 Å². The molecule has 1 aromatic heterocycles. The Kier molecular flexibility index (Phi) is 4.76. The van der Waals surface area contributed by atoms with E-state index >= 15 is 0 Å². The van der Waals surface area contributed by atoms with Gasteiger partial charge in [-0.3, -0.25) is 4.90 Å². The van der Waals surface area contributed by atoms with Gasteiger partial charge in [0.05, 0.1) is 13.2 Å². The van der Waals surface area contributed by atoms with Crippen LogP contribution in [0.15, 0.2) is 18.3 Å². The number of pyridine rings is 1. The van der Waals surface area contributed by atoms with E-state index in [4.69, 9.17) is 9.72 Å². The minimum atomic E-state index is 0.541. The molecule has 2 fully saturated rings. The largest absolute Gasteiger partial charge is 0.378 e. The minimum Gasteiger partial charge on any atom is -0.378 e. The van der Waals surface area contributed by atoms with Crippen molar-refractivity contribution in [3.05, 3.63) is 23.9 Å². The summed E-state index contributed by atoms with van der Waals surface area (Å²) >= 11 is 0. The number of anilines is 1. The molecule has 1 atom stereocenters. The lowest BCUT2D eigenvalue weighted by molar-refractivity contribution is 0.122. The number of hydrogen-bond acceptors (Lipinski definition) is 4. The fraction of sp³-hybridized carbons (Fsp3) is 0.706. The average Bonchev–Trinajstić information content (AvgIpc) is 2.95. The second-order valence-corrected chi connectivity index (χ2v) is 6.56. The Morgan fingerprint density at radius 3 is 2.86 bits per heavy atom. The quantitative estimate of drug-likeness (QED) is 0.852. The molecule has 3 heterocycles. The molecule has 1 aromatic rings. The molecule has 2 saturated heterocycles. The van der Waals surface area contributed by atoms with Crippen LogP contribution in [0.25, 0.3) is 0 Å². The first-order chi connectivity index (χ1) is 10.3. The highest BCUT2D eigenvalue weighted by Gasteiger charge is 2.30. The van der Waals surface area contributed by atoms with Gasteiger partial charge >= 0.3 is 0 Å². The van der Waals surface area contributed by atoms with Crippen molar-refractivity contribution >= 4 is 5.82 Å². The normalized spacial score (nSPS) is 24.0. The van der Waals surface area contributed by atoms with E-state index in [0.717, 1.165) is 26.3 Å². The SMILES string of the molecule is CC(C)CN1CCC[C@H]1c1cccnc1N1CCOCC1. The van der Waals surface area contributed by atoms with Crippen molar-refractivity contribution < 1.29 is 4.74 Å². The number of aromatic nitrogens is 1. The summed E-state index contributed by atoms with van der Waals surface area (Å²) in [5.74, 6) is 1.90. The van der Waals surface area contributed by atoms with E-state index in [2.05, 4.69) is 35.8 Å². The maximum Gasteiger partial charge on any atom is 0.133 e. The Morgan fingerprint density at radius 2 is 2.10 bits per heavy atom. The molecule has 4 heteroatoms. The highest BCUT2D eigenvalue weighted by molar-refractivity contribution is 5.49. The van der Waals surface area contributed by atoms with Gasteiger partial charge in [-0.2, -0.15) is 0 Å². The molecule has 0 spiro atoms. The van der Waals surface area contributed by atoms with Crippen LogP contribution < -0.4 is 4.90 Å². The average molecular weight is 289 g/mol. The third-order valence-corrected chi connectivity index (χ3v) is 4.45. The number of ether oxygens (including phenoxy) is 1. The Balaban J connectivity index is 1.83. The van der Waals surface area contributed by atoms with E-state index in [1.165, 1.54) is 37.3 Å². The second kappa shape index (κ2) is 6.75. The molecule has 0 bridgehead atoms. The maximum atomic E-state index is 5.48. The molecule has 21 heavy (non-hydrogen) atoms. The first kappa shape index (κ1) is 14.8. The van der Waals surface area contributed by atoms with Crippen molar-refractivity contribution in [2.45, 2.75) is 32.7 Å². The highest BCUT2D eigenvalue weighted by atomic mass is 16.5. The van der Waals surface area contributed by atoms with Crippen molar-refractivity contribution in [3.8, 4) is 0 Å². The van der Waals surface area contributed by atoms with Crippen LogP contribution in [0, 0.1) is 5.92 Å². The number of rotatable bonds is 4. The zero-order valence-corrected chi connectivity index (χ0v) is 13.3. The van der Waals surface area contributed by atoms with Gasteiger partial charge < -0.3 is 9.64 Å². The Bertz CT molecular complexity index is 457. The maximum absolute atomic E-state index is 5.48. The molecule has 0 amide bonds. The van der Waals surface area contributed by atoms with Gasteiger partial charge in [0.15, 0.2) is 0 Å². The van der Waals surface area contributed by atoms with Crippen LogP contribution >= 0.6 is 0 Å². The van der Waals surface area contributed by atoms with E-state index in [1.807, 2.05) is 6.20 Å². The predicted molar refractivity (Wildman–Crippen MR) is 85.7 cm³/mol. The molecular formula is C17H27N3O. The lowest BCUT2D eigenvalue weighted by Gasteiger charge is -2.33. The van der Waals surface area contributed by atoms with Crippen LogP contribution in [0.3, 0.4) is 0 Å². The topological polar surface area (TPSA) is 28.6 Å². The molecular weight excluding hydrogens is 262 g/mol. The smallest absolute Gasteiger partial charge is 0.133 e. The summed E-state index contributed by atoms with van der Waals surface area (Å²) in [7, 11) is 0. The fourth-order valence-corrected chi connectivity index (χ4v) is 3.57. The standard InChI is InChI=1S/C17H27N3O/c1-14(2)13-20-8-4-6-16(20)15-5-3-7-18-17(15)19-9-11-21-12-10-19/h3,5,7,14,16H,4,6,8-13H2,1-2H3/t16-/m0/s1. The molecule has 0 radical (unpaired) electrons. The molecule has 0 saturated carbocycles. The monoisotopic (exact) mass is 289 g/mol. The first-order valence-electron chi connectivity index (χ1n) is 8.27. The van der Waals surface area contributed by atoms with E-state index in [-0.39, 0.29) is 0 Å².